The van der Waals surface area contributed by atoms with Gasteiger partial charge in [-0.3, -0.25) is 4.90 Å². The molecule has 1 aliphatic rings. The zero-order chi connectivity index (χ0) is 18.7. The van der Waals surface area contributed by atoms with Crippen LogP contribution >= 0.6 is 0 Å². The van der Waals surface area contributed by atoms with E-state index >= 15 is 0 Å². The minimum Gasteiger partial charge on any atom is -0.440 e. The number of likely N-dealkylation sites (tertiary alicyclic amines) is 1. The van der Waals surface area contributed by atoms with Crippen LogP contribution in [0, 0.1) is 0 Å². The third-order valence-corrected chi connectivity index (χ3v) is 4.91. The third-order valence-electron chi connectivity index (χ3n) is 4.91. The maximum atomic E-state index is 12.2. The average molecular weight is 358 g/mol. The molecule has 6 nitrogen and oxygen atoms in total. The fraction of sp³-hybridized carbons (Fsp3) is 0.600. The van der Waals surface area contributed by atoms with Crippen LogP contribution in [0.3, 0.4) is 0 Å². The topological polar surface area (TPSA) is 70.4 Å². The molecule has 2 N–H and O–H groups in total. The normalized spacial score (nSPS) is 18.8. The van der Waals surface area contributed by atoms with Gasteiger partial charge in [0.1, 0.15) is 5.52 Å². The summed E-state index contributed by atoms with van der Waals surface area (Å²) in [6, 6.07) is 5.96. The van der Waals surface area contributed by atoms with E-state index in [1.165, 1.54) is 19.3 Å². The minimum atomic E-state index is -0.187. The van der Waals surface area contributed by atoms with Crippen LogP contribution in [-0.2, 0) is 5.41 Å². The van der Waals surface area contributed by atoms with Gasteiger partial charge in [0.05, 0.1) is 0 Å². The quantitative estimate of drug-likeness (QED) is 0.862. The standard InChI is InChI=1S/C20H30N4O2/c1-14-7-5-6-11-24(14)12-10-21-19(25)22-15-8-9-17-16(13-15)23-18(26-17)20(2,3)4/h8-9,13-14H,5-7,10-12H2,1-4H3,(H2,21,22,25)/t14-/m1/s1. The molecule has 1 saturated heterocycles. The summed E-state index contributed by atoms with van der Waals surface area (Å²) in [5.41, 5.74) is 2.07. The van der Waals surface area contributed by atoms with Gasteiger partial charge in [-0.05, 0) is 44.5 Å². The number of amides is 2. The van der Waals surface area contributed by atoms with E-state index in [1.807, 2.05) is 18.2 Å². The Bertz CT molecular complexity index is 763. The van der Waals surface area contributed by atoms with Crippen molar-refractivity contribution in [1.29, 1.82) is 0 Å². The van der Waals surface area contributed by atoms with Crippen LogP contribution in [0.2, 0.25) is 0 Å². The van der Waals surface area contributed by atoms with Gasteiger partial charge in [-0.15, -0.1) is 0 Å². The summed E-state index contributed by atoms with van der Waals surface area (Å²) in [5, 5.41) is 5.82. The Labute approximate surface area is 155 Å². The van der Waals surface area contributed by atoms with Crippen molar-refractivity contribution in [3.63, 3.8) is 0 Å². The number of fused-ring (bicyclic) bond motifs is 1. The van der Waals surface area contributed by atoms with Crippen LogP contribution in [0.5, 0.6) is 0 Å². The third kappa shape index (κ3) is 4.55. The Morgan fingerprint density at radius 1 is 1.35 bits per heavy atom. The van der Waals surface area contributed by atoms with Crippen molar-refractivity contribution in [2.45, 2.75) is 58.4 Å². The number of hydrogen-bond donors (Lipinski definition) is 2. The van der Waals surface area contributed by atoms with Crippen molar-refractivity contribution in [3.05, 3.63) is 24.1 Å². The van der Waals surface area contributed by atoms with E-state index in [1.54, 1.807) is 0 Å². The second-order valence-corrected chi connectivity index (χ2v) is 8.21. The first-order valence-corrected chi connectivity index (χ1v) is 9.53. The molecule has 1 aliphatic heterocycles. The highest BCUT2D eigenvalue weighted by Crippen LogP contribution is 2.27. The lowest BCUT2D eigenvalue weighted by Gasteiger charge is -2.33. The zero-order valence-electron chi connectivity index (χ0n) is 16.3. The molecule has 2 amide bonds. The van der Waals surface area contributed by atoms with Crippen LogP contribution in [-0.4, -0.2) is 41.6 Å². The molecule has 1 atom stereocenters. The summed E-state index contributed by atoms with van der Waals surface area (Å²) < 4.78 is 5.79. The van der Waals surface area contributed by atoms with E-state index in [9.17, 15) is 4.79 Å². The number of nitrogens with zero attached hydrogens (tertiary/aromatic N) is 2. The Balaban J connectivity index is 1.53. The fourth-order valence-corrected chi connectivity index (χ4v) is 3.30. The number of aromatic nitrogens is 1. The molecule has 26 heavy (non-hydrogen) atoms. The van der Waals surface area contributed by atoms with E-state index in [4.69, 9.17) is 4.42 Å². The summed E-state index contributed by atoms with van der Waals surface area (Å²) in [6.45, 7) is 11.1. The van der Waals surface area contributed by atoms with E-state index in [2.05, 4.69) is 48.2 Å². The predicted octanol–water partition coefficient (Wildman–Crippen LogP) is 4.12. The highest BCUT2D eigenvalue weighted by atomic mass is 16.3. The maximum Gasteiger partial charge on any atom is 0.319 e. The van der Waals surface area contributed by atoms with Gasteiger partial charge in [0.15, 0.2) is 5.58 Å². The molecule has 142 valence electrons. The van der Waals surface area contributed by atoms with Crippen molar-refractivity contribution in [3.8, 4) is 0 Å². The molecular weight excluding hydrogens is 328 g/mol. The fourth-order valence-electron chi connectivity index (χ4n) is 3.30. The van der Waals surface area contributed by atoms with Gasteiger partial charge in [0.25, 0.3) is 0 Å². The van der Waals surface area contributed by atoms with Crippen molar-refractivity contribution >= 4 is 22.8 Å². The van der Waals surface area contributed by atoms with Gasteiger partial charge < -0.3 is 15.1 Å². The van der Waals surface area contributed by atoms with Gasteiger partial charge in [0.2, 0.25) is 5.89 Å². The number of benzene rings is 1. The smallest absolute Gasteiger partial charge is 0.319 e. The van der Waals surface area contributed by atoms with Gasteiger partial charge in [0, 0.05) is 30.2 Å². The van der Waals surface area contributed by atoms with E-state index in [0.717, 1.165) is 29.9 Å². The minimum absolute atomic E-state index is 0.143. The molecule has 0 saturated carbocycles. The second kappa shape index (κ2) is 7.66. The lowest BCUT2D eigenvalue weighted by molar-refractivity contribution is 0.162. The molecular formula is C20H30N4O2. The van der Waals surface area contributed by atoms with Crippen molar-refractivity contribution < 1.29 is 9.21 Å². The molecule has 0 spiro atoms. The summed E-state index contributed by atoms with van der Waals surface area (Å²) in [6.07, 6.45) is 3.82. The molecule has 2 aromatic rings. The maximum absolute atomic E-state index is 12.2. The Morgan fingerprint density at radius 2 is 2.15 bits per heavy atom. The number of carbonyl (C=O) groups excluding carboxylic acids is 1. The molecule has 1 aromatic heterocycles. The van der Waals surface area contributed by atoms with Gasteiger partial charge >= 0.3 is 6.03 Å². The number of anilines is 1. The highest BCUT2D eigenvalue weighted by Gasteiger charge is 2.21. The van der Waals surface area contributed by atoms with Crippen molar-refractivity contribution in [2.75, 3.05) is 25.0 Å². The number of rotatable bonds is 4. The molecule has 1 fully saturated rings. The van der Waals surface area contributed by atoms with Crippen LogP contribution in [0.1, 0.15) is 52.8 Å². The largest absolute Gasteiger partial charge is 0.440 e. The number of urea groups is 1. The van der Waals surface area contributed by atoms with Crippen LogP contribution in [0.15, 0.2) is 22.6 Å². The Kier molecular flexibility index (Phi) is 5.51. The lowest BCUT2D eigenvalue weighted by atomic mass is 9.97. The number of piperidine rings is 1. The highest BCUT2D eigenvalue weighted by molar-refractivity contribution is 5.91. The van der Waals surface area contributed by atoms with E-state index < -0.39 is 0 Å². The summed E-state index contributed by atoms with van der Waals surface area (Å²) in [5.74, 6) is 0.699. The molecule has 0 bridgehead atoms. The Morgan fingerprint density at radius 3 is 2.88 bits per heavy atom. The monoisotopic (exact) mass is 358 g/mol. The molecule has 0 unspecified atom stereocenters. The number of oxazole rings is 1. The first-order chi connectivity index (χ1) is 12.3. The zero-order valence-corrected chi connectivity index (χ0v) is 16.3. The SMILES string of the molecule is C[C@@H]1CCCCN1CCNC(=O)Nc1ccc2oc(C(C)(C)C)nc2c1. The molecule has 3 rings (SSSR count). The first-order valence-electron chi connectivity index (χ1n) is 9.53. The molecule has 2 heterocycles. The Hall–Kier alpha value is -2.08. The average Bonchev–Trinajstić information content (AvgIpc) is 3.00. The number of hydrogen-bond acceptors (Lipinski definition) is 4. The van der Waals surface area contributed by atoms with Crippen LogP contribution in [0.4, 0.5) is 10.5 Å². The predicted molar refractivity (Wildman–Crippen MR) is 105 cm³/mol. The van der Waals surface area contributed by atoms with Crippen LogP contribution < -0.4 is 10.6 Å². The lowest BCUT2D eigenvalue weighted by Crippen LogP contribution is -2.43. The van der Waals surface area contributed by atoms with E-state index in [0.29, 0.717) is 18.5 Å². The van der Waals surface area contributed by atoms with Gasteiger partial charge in [-0.2, -0.15) is 0 Å². The molecule has 0 radical (unpaired) electrons. The van der Waals surface area contributed by atoms with Gasteiger partial charge in [-0.1, -0.05) is 27.2 Å². The molecule has 1 aromatic carbocycles. The first kappa shape index (κ1) is 18.7. The second-order valence-electron chi connectivity index (χ2n) is 8.21. The molecule has 6 heteroatoms. The van der Waals surface area contributed by atoms with Crippen molar-refractivity contribution in [2.24, 2.45) is 0 Å². The summed E-state index contributed by atoms with van der Waals surface area (Å²) in [7, 11) is 0. The molecule has 0 aliphatic carbocycles. The number of carbonyl (C=O) groups is 1. The summed E-state index contributed by atoms with van der Waals surface area (Å²) in [4.78, 5) is 19.1. The van der Waals surface area contributed by atoms with Gasteiger partial charge in [-0.25, -0.2) is 9.78 Å². The van der Waals surface area contributed by atoms with Crippen molar-refractivity contribution in [1.82, 2.24) is 15.2 Å². The van der Waals surface area contributed by atoms with E-state index in [-0.39, 0.29) is 11.4 Å². The van der Waals surface area contributed by atoms with Crippen LogP contribution in [0.25, 0.3) is 11.1 Å². The summed E-state index contributed by atoms with van der Waals surface area (Å²) >= 11 is 0. The number of nitrogens with one attached hydrogen (secondary N) is 2.